The van der Waals surface area contributed by atoms with Crippen molar-refractivity contribution in [3.05, 3.63) is 54.2 Å². The molecule has 81 heavy (non-hydrogen) atoms. The molecule has 458 valence electrons. The lowest BCUT2D eigenvalue weighted by atomic mass is 10.0. The number of ether oxygens (including phenoxy) is 14. The zero-order valence-corrected chi connectivity index (χ0v) is 48.7. The van der Waals surface area contributed by atoms with Gasteiger partial charge in [-0.25, -0.2) is 14.3 Å². The summed E-state index contributed by atoms with van der Waals surface area (Å²) in [5, 5.41) is 14.0. The second kappa shape index (κ2) is 44.3. The SMILES string of the molecule is CCCOCCOCCOCCn1cc(-c2ccc(NC(=O)N3CCC(N4CCN(Cc5cc(OC)ccc5OC)C4=O)CC3)cc2)nn1.CNC(=O)CCOCCOCCOCCOCCOCCOCCOCCOCCOC. The van der Waals surface area contributed by atoms with Crippen LogP contribution >= 0.6 is 0 Å². The average molecular weight is 1150 g/mol. The lowest BCUT2D eigenvalue weighted by Crippen LogP contribution is -2.49. The number of benzene rings is 2. The zero-order chi connectivity index (χ0) is 57.8. The van der Waals surface area contributed by atoms with Gasteiger partial charge in [-0.3, -0.25) is 4.79 Å². The van der Waals surface area contributed by atoms with Crippen molar-refractivity contribution < 1.29 is 80.7 Å². The second-order valence-corrected chi connectivity index (χ2v) is 18.3. The Morgan fingerprint density at radius 1 is 0.593 bits per heavy atom. The molecular formula is C56H92N8O17. The van der Waals surface area contributed by atoms with Crippen molar-refractivity contribution in [2.45, 2.75) is 51.7 Å². The van der Waals surface area contributed by atoms with E-state index in [0.29, 0.717) is 197 Å². The number of aromatic nitrogens is 3. The molecular weight excluding hydrogens is 1060 g/mol. The Morgan fingerprint density at radius 3 is 1.59 bits per heavy atom. The predicted octanol–water partition coefficient (Wildman–Crippen LogP) is 4.26. The number of nitrogens with one attached hydrogen (secondary N) is 2. The maximum absolute atomic E-state index is 13.3. The van der Waals surface area contributed by atoms with Crippen LogP contribution in [0.3, 0.4) is 0 Å². The number of methoxy groups -OCH3 is 3. The van der Waals surface area contributed by atoms with Crippen LogP contribution in [0.15, 0.2) is 48.7 Å². The maximum atomic E-state index is 13.3. The monoisotopic (exact) mass is 1150 g/mol. The third kappa shape index (κ3) is 29.5. The van der Waals surface area contributed by atoms with E-state index in [2.05, 4.69) is 27.9 Å². The highest BCUT2D eigenvalue weighted by atomic mass is 16.6. The van der Waals surface area contributed by atoms with Crippen LogP contribution in [0, 0.1) is 0 Å². The summed E-state index contributed by atoms with van der Waals surface area (Å²) in [5.41, 5.74) is 3.26. The lowest BCUT2D eigenvalue weighted by molar-refractivity contribution is -0.121. The highest BCUT2D eigenvalue weighted by Gasteiger charge is 2.36. The summed E-state index contributed by atoms with van der Waals surface area (Å²) < 4.78 is 76.9. The molecule has 2 saturated heterocycles. The van der Waals surface area contributed by atoms with Crippen molar-refractivity contribution in [3.8, 4) is 22.8 Å². The molecule has 25 heteroatoms. The fourth-order valence-electron chi connectivity index (χ4n) is 8.06. The number of urea groups is 2. The van der Waals surface area contributed by atoms with E-state index in [4.69, 9.17) is 66.3 Å². The van der Waals surface area contributed by atoms with Crippen LogP contribution in [0.5, 0.6) is 11.5 Å². The Kier molecular flexibility index (Phi) is 37.3. The van der Waals surface area contributed by atoms with Gasteiger partial charge in [0.05, 0.1) is 179 Å². The first-order chi connectivity index (χ1) is 39.8. The third-order valence-electron chi connectivity index (χ3n) is 12.5. The smallest absolute Gasteiger partial charge is 0.321 e. The second-order valence-electron chi connectivity index (χ2n) is 18.3. The molecule has 3 aromatic rings. The van der Waals surface area contributed by atoms with Crippen LogP contribution in [0.1, 0.15) is 38.2 Å². The summed E-state index contributed by atoms with van der Waals surface area (Å²) in [6.07, 6.45) is 4.71. The molecule has 0 radical (unpaired) electrons. The number of nitrogens with zero attached hydrogens (tertiary/aromatic N) is 6. The number of carbonyl (C=O) groups excluding carboxylic acids is 3. The molecule has 0 bridgehead atoms. The van der Waals surface area contributed by atoms with Crippen LogP contribution in [0.2, 0.25) is 0 Å². The summed E-state index contributed by atoms with van der Waals surface area (Å²) in [4.78, 5) is 43.0. The number of anilines is 1. The van der Waals surface area contributed by atoms with Crippen LogP contribution < -0.4 is 20.1 Å². The largest absolute Gasteiger partial charge is 0.497 e. The molecule has 2 aromatic carbocycles. The highest BCUT2D eigenvalue weighted by Crippen LogP contribution is 2.29. The molecule has 3 heterocycles. The van der Waals surface area contributed by atoms with Gasteiger partial charge in [0, 0.05) is 76.2 Å². The van der Waals surface area contributed by atoms with Gasteiger partial charge in [0.15, 0.2) is 0 Å². The number of carbonyl (C=O) groups is 3. The molecule has 5 rings (SSSR count). The first kappa shape index (κ1) is 68.2. The van der Waals surface area contributed by atoms with Gasteiger partial charge < -0.3 is 91.6 Å². The van der Waals surface area contributed by atoms with E-state index in [1.165, 1.54) is 0 Å². The van der Waals surface area contributed by atoms with E-state index in [1.54, 1.807) is 33.1 Å². The minimum atomic E-state index is -0.146. The van der Waals surface area contributed by atoms with E-state index in [9.17, 15) is 14.4 Å². The molecule has 2 aliphatic rings. The molecule has 25 nitrogen and oxygen atoms in total. The Hall–Kier alpha value is -5.29. The van der Waals surface area contributed by atoms with Gasteiger partial charge in [-0.05, 0) is 49.6 Å². The van der Waals surface area contributed by atoms with E-state index in [0.717, 1.165) is 54.2 Å². The minimum Gasteiger partial charge on any atom is -0.497 e. The Bertz CT molecular complexity index is 2090. The first-order valence-corrected chi connectivity index (χ1v) is 28.2. The molecule has 0 aliphatic carbocycles. The summed E-state index contributed by atoms with van der Waals surface area (Å²) >= 11 is 0. The van der Waals surface area contributed by atoms with Gasteiger partial charge in [-0.2, -0.15) is 0 Å². The fourth-order valence-corrected chi connectivity index (χ4v) is 8.06. The summed E-state index contributed by atoms with van der Waals surface area (Å²) in [5.74, 6) is 1.42. The standard InChI is InChI=1S/C35H49N7O7.C21H43NO10/c1-4-18-47-20-22-49-23-21-48-19-17-41-26-32(37-38-41)27-5-7-29(8-6-27)36-34(43)39-13-11-30(12-14-39)42-16-15-40(35(42)44)25-28-24-31(45-2)9-10-33(28)46-3;1-22-21(23)3-4-25-7-8-27-11-12-29-15-16-31-19-20-32-18-17-30-14-13-28-10-9-26-6-5-24-2/h5-10,24,26,30H,4,11-23,25H2,1-3H3,(H,36,43);3-20H2,1-2H3,(H,22,23). The van der Waals surface area contributed by atoms with E-state index < -0.39 is 0 Å². The number of amides is 5. The first-order valence-electron chi connectivity index (χ1n) is 28.2. The molecule has 1 aromatic heterocycles. The molecule has 0 saturated carbocycles. The maximum Gasteiger partial charge on any atom is 0.321 e. The van der Waals surface area contributed by atoms with E-state index in [-0.39, 0.29) is 24.0 Å². The van der Waals surface area contributed by atoms with Crippen molar-refractivity contribution in [2.24, 2.45) is 0 Å². The molecule has 0 atom stereocenters. The third-order valence-corrected chi connectivity index (χ3v) is 12.5. The zero-order valence-electron chi connectivity index (χ0n) is 48.7. The minimum absolute atomic E-state index is 0.0198. The van der Waals surface area contributed by atoms with Crippen LogP contribution in [-0.2, 0) is 74.7 Å². The number of hydrogen-bond donors (Lipinski definition) is 2. The number of likely N-dealkylation sites (tertiary alicyclic amines) is 1. The van der Waals surface area contributed by atoms with Gasteiger partial charge in [0.25, 0.3) is 0 Å². The van der Waals surface area contributed by atoms with Gasteiger partial charge >= 0.3 is 12.1 Å². The van der Waals surface area contributed by atoms with Gasteiger partial charge in [0.2, 0.25) is 5.91 Å². The van der Waals surface area contributed by atoms with Gasteiger partial charge in [-0.1, -0.05) is 24.3 Å². The van der Waals surface area contributed by atoms with Crippen LogP contribution in [0.25, 0.3) is 11.3 Å². The van der Waals surface area contributed by atoms with Crippen molar-refractivity contribution in [1.82, 2.24) is 35.0 Å². The molecule has 2 N–H and O–H groups in total. The normalized spacial score (nSPS) is 13.6. The quantitative estimate of drug-likeness (QED) is 0.0751. The van der Waals surface area contributed by atoms with E-state index in [1.807, 2.05) is 63.4 Å². The summed E-state index contributed by atoms with van der Waals surface area (Å²) in [7, 11) is 6.49. The topological polar surface area (TPSA) is 245 Å². The molecule has 0 unspecified atom stereocenters. The fraction of sp³-hybridized carbons (Fsp3) is 0.696. The van der Waals surface area contributed by atoms with Crippen LogP contribution in [0.4, 0.5) is 15.3 Å². The van der Waals surface area contributed by atoms with Gasteiger partial charge in [0.1, 0.15) is 17.2 Å². The Labute approximate surface area is 478 Å². The Balaban J connectivity index is 0.000000385. The van der Waals surface area contributed by atoms with Crippen molar-refractivity contribution in [3.63, 3.8) is 0 Å². The predicted molar refractivity (Wildman–Crippen MR) is 301 cm³/mol. The lowest BCUT2D eigenvalue weighted by Gasteiger charge is -2.36. The average Bonchev–Trinajstić information content (AvgIpc) is 4.33. The van der Waals surface area contributed by atoms with Crippen molar-refractivity contribution >= 4 is 23.7 Å². The highest BCUT2D eigenvalue weighted by molar-refractivity contribution is 5.89. The molecule has 2 aliphatic heterocycles. The van der Waals surface area contributed by atoms with E-state index >= 15 is 0 Å². The number of piperidine rings is 1. The molecule has 5 amide bonds. The molecule has 0 spiro atoms. The summed E-state index contributed by atoms with van der Waals surface area (Å²) in [6.45, 7) is 17.9. The van der Waals surface area contributed by atoms with Crippen molar-refractivity contribution in [2.75, 3.05) is 212 Å². The van der Waals surface area contributed by atoms with Crippen molar-refractivity contribution in [1.29, 1.82) is 0 Å². The number of rotatable bonds is 45. The molecule has 2 fully saturated rings. The Morgan fingerprint density at radius 2 is 1.10 bits per heavy atom. The number of hydrogen-bond acceptors (Lipinski definition) is 19. The van der Waals surface area contributed by atoms with Crippen LogP contribution in [-0.4, -0.2) is 260 Å². The summed E-state index contributed by atoms with van der Waals surface area (Å²) in [6, 6.07) is 13.2. The van der Waals surface area contributed by atoms with Gasteiger partial charge in [-0.15, -0.1) is 5.10 Å².